The van der Waals surface area contributed by atoms with Crippen molar-refractivity contribution in [2.45, 2.75) is 65.1 Å². The second kappa shape index (κ2) is 6.25. The van der Waals surface area contributed by atoms with Crippen LogP contribution in [0.15, 0.2) is 27.4 Å². The predicted molar refractivity (Wildman–Crippen MR) is 94.3 cm³/mol. The molecule has 0 aromatic carbocycles. The maximum absolute atomic E-state index is 12.2. The molecular formula is C20H26N2O2. The zero-order valence-corrected chi connectivity index (χ0v) is 14.6. The maximum atomic E-state index is 12.2. The molecule has 1 atom stereocenters. The molecule has 4 rings (SSSR count). The summed E-state index contributed by atoms with van der Waals surface area (Å²) >= 11 is 0. The van der Waals surface area contributed by atoms with Gasteiger partial charge >= 0.3 is 0 Å². The molecule has 2 aromatic heterocycles. The van der Waals surface area contributed by atoms with Crippen LogP contribution in [-0.4, -0.2) is 10.6 Å². The summed E-state index contributed by atoms with van der Waals surface area (Å²) in [5, 5.41) is 3.63. The van der Waals surface area contributed by atoms with E-state index in [4.69, 9.17) is 4.42 Å². The number of pyridine rings is 1. The van der Waals surface area contributed by atoms with Gasteiger partial charge in [0.15, 0.2) is 0 Å². The van der Waals surface area contributed by atoms with Crippen LogP contribution in [0.25, 0.3) is 0 Å². The van der Waals surface area contributed by atoms with Crippen LogP contribution in [0.2, 0.25) is 0 Å². The van der Waals surface area contributed by atoms with Crippen molar-refractivity contribution in [1.82, 2.24) is 9.88 Å². The average molecular weight is 326 g/mol. The first-order valence-corrected chi connectivity index (χ1v) is 9.11. The van der Waals surface area contributed by atoms with E-state index in [1.807, 2.05) is 17.6 Å². The van der Waals surface area contributed by atoms with E-state index in [1.54, 1.807) is 6.07 Å². The first kappa shape index (κ1) is 15.7. The smallest absolute Gasteiger partial charge is 0.250 e. The molecule has 0 saturated heterocycles. The lowest BCUT2D eigenvalue weighted by molar-refractivity contribution is 0.399. The summed E-state index contributed by atoms with van der Waals surface area (Å²) in [6, 6.07) is 6.36. The SMILES string of the molecule is Cc1cc(CNC2CCc3c(ccc(=O)n3CC3CC3)C2)oc1C. The molecule has 4 heteroatoms. The Morgan fingerprint density at radius 2 is 2.08 bits per heavy atom. The molecule has 2 aliphatic carbocycles. The molecule has 1 fully saturated rings. The van der Waals surface area contributed by atoms with E-state index in [0.29, 0.717) is 6.04 Å². The van der Waals surface area contributed by atoms with Gasteiger partial charge in [-0.3, -0.25) is 4.79 Å². The van der Waals surface area contributed by atoms with Gasteiger partial charge in [-0.1, -0.05) is 6.07 Å². The number of nitrogens with zero attached hydrogens (tertiary/aromatic N) is 1. The Hall–Kier alpha value is -1.81. The summed E-state index contributed by atoms with van der Waals surface area (Å²) in [6.45, 7) is 5.79. The second-order valence-electron chi connectivity index (χ2n) is 7.47. The van der Waals surface area contributed by atoms with Crippen LogP contribution < -0.4 is 10.9 Å². The summed E-state index contributed by atoms with van der Waals surface area (Å²) in [6.07, 6.45) is 5.63. The first-order chi connectivity index (χ1) is 11.6. The third-order valence-electron chi connectivity index (χ3n) is 5.51. The number of nitrogens with one attached hydrogen (secondary N) is 1. The lowest BCUT2D eigenvalue weighted by atomic mass is 9.91. The van der Waals surface area contributed by atoms with Crippen molar-refractivity contribution in [3.63, 3.8) is 0 Å². The van der Waals surface area contributed by atoms with E-state index in [2.05, 4.69) is 18.3 Å². The number of fused-ring (bicyclic) bond motifs is 1. The molecule has 1 saturated carbocycles. The van der Waals surface area contributed by atoms with Crippen molar-refractivity contribution in [2.75, 3.05) is 0 Å². The lowest BCUT2D eigenvalue weighted by Crippen LogP contribution is -2.37. The predicted octanol–water partition coefficient (Wildman–Crippen LogP) is 3.12. The fourth-order valence-electron chi connectivity index (χ4n) is 3.74. The monoisotopic (exact) mass is 326 g/mol. The quantitative estimate of drug-likeness (QED) is 0.918. The van der Waals surface area contributed by atoms with E-state index < -0.39 is 0 Å². The summed E-state index contributed by atoms with van der Waals surface area (Å²) in [4.78, 5) is 12.2. The maximum Gasteiger partial charge on any atom is 0.250 e. The van der Waals surface area contributed by atoms with Gasteiger partial charge < -0.3 is 14.3 Å². The van der Waals surface area contributed by atoms with Crippen molar-refractivity contribution in [2.24, 2.45) is 5.92 Å². The fourth-order valence-corrected chi connectivity index (χ4v) is 3.74. The molecule has 1 unspecified atom stereocenters. The molecule has 0 radical (unpaired) electrons. The third-order valence-corrected chi connectivity index (χ3v) is 5.51. The summed E-state index contributed by atoms with van der Waals surface area (Å²) in [5.41, 5.74) is 4.00. The van der Waals surface area contributed by atoms with E-state index in [9.17, 15) is 4.79 Å². The van der Waals surface area contributed by atoms with Crippen molar-refractivity contribution < 1.29 is 4.42 Å². The summed E-state index contributed by atoms with van der Waals surface area (Å²) < 4.78 is 7.80. The highest BCUT2D eigenvalue weighted by atomic mass is 16.3. The Bertz CT molecular complexity index is 779. The van der Waals surface area contributed by atoms with E-state index in [1.165, 1.54) is 29.7 Å². The molecule has 2 aromatic rings. The van der Waals surface area contributed by atoms with Gasteiger partial charge in [0.2, 0.25) is 0 Å². The van der Waals surface area contributed by atoms with Gasteiger partial charge in [-0.05, 0) is 69.1 Å². The van der Waals surface area contributed by atoms with Crippen molar-refractivity contribution in [3.05, 3.63) is 56.9 Å². The van der Waals surface area contributed by atoms with Gasteiger partial charge in [0, 0.05) is 24.3 Å². The number of rotatable bonds is 5. The molecule has 2 aliphatic rings. The number of aromatic nitrogens is 1. The van der Waals surface area contributed by atoms with Crippen molar-refractivity contribution in [3.8, 4) is 0 Å². The molecule has 2 heterocycles. The number of hydrogen-bond donors (Lipinski definition) is 1. The van der Waals surface area contributed by atoms with Crippen LogP contribution in [0, 0.1) is 19.8 Å². The fraction of sp³-hybridized carbons (Fsp3) is 0.550. The van der Waals surface area contributed by atoms with Gasteiger partial charge in [-0.15, -0.1) is 0 Å². The van der Waals surface area contributed by atoms with Crippen LogP contribution in [0.4, 0.5) is 0 Å². The van der Waals surface area contributed by atoms with Crippen molar-refractivity contribution in [1.29, 1.82) is 0 Å². The van der Waals surface area contributed by atoms with Crippen LogP contribution in [0.1, 0.15) is 47.6 Å². The summed E-state index contributed by atoms with van der Waals surface area (Å²) in [5.74, 6) is 2.75. The zero-order chi connectivity index (χ0) is 16.7. The highest BCUT2D eigenvalue weighted by molar-refractivity contribution is 5.26. The Morgan fingerprint density at radius 3 is 2.79 bits per heavy atom. The van der Waals surface area contributed by atoms with Crippen LogP contribution >= 0.6 is 0 Å². The average Bonchev–Trinajstić information content (AvgIpc) is 3.33. The Balaban J connectivity index is 1.44. The second-order valence-corrected chi connectivity index (χ2v) is 7.47. The van der Waals surface area contributed by atoms with Crippen LogP contribution in [0.5, 0.6) is 0 Å². The Kier molecular flexibility index (Phi) is 4.09. The molecule has 1 N–H and O–H groups in total. The van der Waals surface area contributed by atoms with Crippen LogP contribution in [0.3, 0.4) is 0 Å². The number of furan rings is 1. The van der Waals surface area contributed by atoms with Gasteiger partial charge in [0.05, 0.1) is 6.54 Å². The molecule has 4 nitrogen and oxygen atoms in total. The molecule has 0 bridgehead atoms. The first-order valence-electron chi connectivity index (χ1n) is 9.11. The molecule has 128 valence electrons. The lowest BCUT2D eigenvalue weighted by Gasteiger charge is -2.27. The zero-order valence-electron chi connectivity index (χ0n) is 14.6. The summed E-state index contributed by atoms with van der Waals surface area (Å²) in [7, 11) is 0. The largest absolute Gasteiger partial charge is 0.465 e. The topological polar surface area (TPSA) is 47.2 Å². The van der Waals surface area contributed by atoms with E-state index in [-0.39, 0.29) is 5.56 Å². The van der Waals surface area contributed by atoms with Crippen LogP contribution in [-0.2, 0) is 25.9 Å². The standard InChI is InChI=1S/C20H26N2O2/c1-13-9-18(24-14(13)2)11-21-17-6-7-19-16(10-17)5-8-20(23)22(19)12-15-3-4-15/h5,8-9,15,17,21H,3-4,6-7,10-12H2,1-2H3. The minimum Gasteiger partial charge on any atom is -0.465 e. The van der Waals surface area contributed by atoms with Gasteiger partial charge in [0.25, 0.3) is 5.56 Å². The molecular weight excluding hydrogens is 300 g/mol. The minimum atomic E-state index is 0.175. The highest BCUT2D eigenvalue weighted by Crippen LogP contribution is 2.31. The van der Waals surface area contributed by atoms with Gasteiger partial charge in [-0.25, -0.2) is 0 Å². The van der Waals surface area contributed by atoms with Crippen molar-refractivity contribution >= 4 is 0 Å². The van der Waals surface area contributed by atoms with E-state index >= 15 is 0 Å². The normalized spacial score (nSPS) is 20.2. The van der Waals surface area contributed by atoms with Gasteiger partial charge in [0.1, 0.15) is 11.5 Å². The number of aryl methyl sites for hydroxylation is 2. The molecule has 0 aliphatic heterocycles. The Labute approximate surface area is 142 Å². The number of hydrogen-bond acceptors (Lipinski definition) is 3. The highest BCUT2D eigenvalue weighted by Gasteiger charge is 2.26. The van der Waals surface area contributed by atoms with Gasteiger partial charge in [-0.2, -0.15) is 0 Å². The van der Waals surface area contributed by atoms with E-state index in [0.717, 1.165) is 49.8 Å². The molecule has 24 heavy (non-hydrogen) atoms. The third kappa shape index (κ3) is 3.20. The molecule has 0 spiro atoms. The molecule has 0 amide bonds. The minimum absolute atomic E-state index is 0.175. The Morgan fingerprint density at radius 1 is 1.25 bits per heavy atom.